The summed E-state index contributed by atoms with van der Waals surface area (Å²) in [5, 5.41) is 8.82. The summed E-state index contributed by atoms with van der Waals surface area (Å²) in [6.45, 7) is 0. The fourth-order valence-electron chi connectivity index (χ4n) is 1.71. The zero-order valence-corrected chi connectivity index (χ0v) is 12.9. The lowest BCUT2D eigenvalue weighted by Gasteiger charge is -2.10. The Morgan fingerprint density at radius 3 is 2.55 bits per heavy atom. The smallest absolute Gasteiger partial charge is 0.335 e. The maximum absolute atomic E-state index is 12.3. The number of nitrogens with one attached hydrogen (secondary N) is 1. The topological polar surface area (TPSA) is 105 Å². The Balaban J connectivity index is 2.46. The predicted octanol–water partition coefficient (Wildman–Crippen LogP) is 1.54. The molecule has 0 aliphatic heterocycles. The van der Waals surface area contributed by atoms with E-state index in [1.54, 1.807) is 0 Å². The van der Waals surface area contributed by atoms with Gasteiger partial charge in [-0.3, -0.25) is 9.52 Å². The summed E-state index contributed by atoms with van der Waals surface area (Å²) in [6, 6.07) is 5.87. The monoisotopic (exact) mass is 342 g/mol. The van der Waals surface area contributed by atoms with Crippen LogP contribution >= 0.6 is 11.6 Å². The van der Waals surface area contributed by atoms with Gasteiger partial charge in [-0.15, -0.1) is 0 Å². The molecular weight excluding hydrogens is 332 g/mol. The van der Waals surface area contributed by atoms with Crippen molar-refractivity contribution < 1.29 is 18.3 Å². The van der Waals surface area contributed by atoms with Crippen LogP contribution in [0.2, 0.25) is 5.02 Å². The van der Waals surface area contributed by atoms with E-state index in [-0.39, 0.29) is 26.7 Å². The lowest BCUT2D eigenvalue weighted by atomic mass is 10.2. The van der Waals surface area contributed by atoms with Crippen molar-refractivity contribution in [1.82, 2.24) is 4.57 Å². The first-order valence-corrected chi connectivity index (χ1v) is 7.79. The van der Waals surface area contributed by atoms with Crippen LogP contribution in [-0.4, -0.2) is 24.1 Å². The van der Waals surface area contributed by atoms with Crippen LogP contribution in [0.5, 0.6) is 0 Å². The first-order chi connectivity index (χ1) is 10.2. The first-order valence-electron chi connectivity index (χ1n) is 5.93. The van der Waals surface area contributed by atoms with Crippen molar-refractivity contribution in [3.8, 4) is 0 Å². The van der Waals surface area contributed by atoms with Gasteiger partial charge in [0.15, 0.2) is 0 Å². The normalized spacial score (nSPS) is 11.2. The second-order valence-electron chi connectivity index (χ2n) is 4.42. The molecule has 0 atom stereocenters. The second kappa shape index (κ2) is 5.82. The van der Waals surface area contributed by atoms with E-state index in [0.29, 0.717) is 0 Å². The fourth-order valence-corrected chi connectivity index (χ4v) is 3.28. The van der Waals surface area contributed by atoms with E-state index in [2.05, 4.69) is 4.72 Å². The van der Waals surface area contributed by atoms with Gasteiger partial charge in [0.2, 0.25) is 5.56 Å². The van der Waals surface area contributed by atoms with E-state index in [9.17, 15) is 18.0 Å². The number of anilines is 1. The zero-order valence-electron chi connectivity index (χ0n) is 11.3. The Hall–Kier alpha value is -2.32. The van der Waals surface area contributed by atoms with Gasteiger partial charge in [-0.25, -0.2) is 13.2 Å². The Bertz CT molecular complexity index is 905. The number of rotatable bonds is 4. The van der Waals surface area contributed by atoms with E-state index in [0.717, 1.165) is 6.07 Å². The van der Waals surface area contributed by atoms with Gasteiger partial charge < -0.3 is 9.67 Å². The van der Waals surface area contributed by atoms with Crippen molar-refractivity contribution in [3.63, 3.8) is 0 Å². The maximum Gasteiger partial charge on any atom is 0.335 e. The number of nitrogens with zero attached hydrogens (tertiary/aromatic N) is 1. The molecule has 2 rings (SSSR count). The van der Waals surface area contributed by atoms with Crippen molar-refractivity contribution in [2.45, 2.75) is 4.90 Å². The number of aromatic nitrogens is 1. The summed E-state index contributed by atoms with van der Waals surface area (Å²) < 4.78 is 28.1. The van der Waals surface area contributed by atoms with Crippen LogP contribution in [0, 0.1) is 0 Å². The number of carboxylic acids is 1. The first kappa shape index (κ1) is 16.1. The average Bonchev–Trinajstić information content (AvgIpc) is 2.42. The third-order valence-electron chi connectivity index (χ3n) is 2.81. The molecule has 22 heavy (non-hydrogen) atoms. The quantitative estimate of drug-likeness (QED) is 0.876. The number of aromatic carboxylic acids is 1. The van der Waals surface area contributed by atoms with Gasteiger partial charge >= 0.3 is 5.97 Å². The van der Waals surface area contributed by atoms with Crippen molar-refractivity contribution in [1.29, 1.82) is 0 Å². The number of sulfonamides is 1. The van der Waals surface area contributed by atoms with Crippen LogP contribution in [-0.2, 0) is 17.1 Å². The molecule has 0 amide bonds. The van der Waals surface area contributed by atoms with Crippen molar-refractivity contribution in [2.24, 2.45) is 7.05 Å². The van der Waals surface area contributed by atoms with Gasteiger partial charge in [0, 0.05) is 19.3 Å². The van der Waals surface area contributed by atoms with Crippen molar-refractivity contribution in [3.05, 3.63) is 57.5 Å². The molecule has 2 aromatic rings. The second-order valence-corrected chi connectivity index (χ2v) is 6.48. The summed E-state index contributed by atoms with van der Waals surface area (Å²) in [7, 11) is -2.62. The molecule has 116 valence electrons. The SMILES string of the molecule is Cn1cc(NS(=O)(=O)c2cc(C(=O)O)ccc2Cl)ccc1=O. The van der Waals surface area contributed by atoms with Gasteiger partial charge in [-0.1, -0.05) is 11.6 Å². The number of hydrogen-bond acceptors (Lipinski definition) is 4. The summed E-state index contributed by atoms with van der Waals surface area (Å²) >= 11 is 5.84. The minimum absolute atomic E-state index is 0.109. The van der Waals surface area contributed by atoms with E-state index < -0.39 is 16.0 Å². The number of carbonyl (C=O) groups is 1. The summed E-state index contributed by atoms with van der Waals surface area (Å²) in [4.78, 5) is 21.9. The molecule has 2 N–H and O–H groups in total. The third-order valence-corrected chi connectivity index (χ3v) is 4.67. The summed E-state index contributed by atoms with van der Waals surface area (Å²) in [5.41, 5.74) is -0.349. The standard InChI is InChI=1S/C13H11ClN2O5S/c1-16-7-9(3-5-12(16)17)15-22(20,21)11-6-8(13(18)19)2-4-10(11)14/h2-7,15H,1H3,(H,18,19). The molecule has 1 heterocycles. The zero-order chi connectivity index (χ0) is 16.5. The molecule has 0 bridgehead atoms. The minimum atomic E-state index is -4.09. The molecular formula is C13H11ClN2O5S. The summed E-state index contributed by atoms with van der Waals surface area (Å²) in [5.74, 6) is -1.27. The molecule has 0 fully saturated rings. The maximum atomic E-state index is 12.3. The molecule has 1 aromatic heterocycles. The number of aryl methyl sites for hydroxylation is 1. The molecule has 7 nitrogen and oxygen atoms in total. The lowest BCUT2D eigenvalue weighted by molar-refractivity contribution is 0.0696. The number of benzene rings is 1. The number of hydrogen-bond donors (Lipinski definition) is 2. The van der Waals surface area contributed by atoms with Crippen LogP contribution in [0.1, 0.15) is 10.4 Å². The number of halogens is 1. The summed E-state index contributed by atoms with van der Waals surface area (Å²) in [6.07, 6.45) is 1.30. The third kappa shape index (κ3) is 3.29. The van der Waals surface area contributed by atoms with E-state index >= 15 is 0 Å². The molecule has 1 aromatic carbocycles. The molecule has 0 unspecified atom stereocenters. The van der Waals surface area contributed by atoms with Gasteiger partial charge in [0.05, 0.1) is 16.3 Å². The van der Waals surface area contributed by atoms with Crippen LogP contribution in [0.25, 0.3) is 0 Å². The predicted molar refractivity (Wildman–Crippen MR) is 80.9 cm³/mol. The highest BCUT2D eigenvalue weighted by atomic mass is 35.5. The molecule has 0 spiro atoms. The molecule has 0 aliphatic carbocycles. The van der Waals surface area contributed by atoms with Crippen LogP contribution < -0.4 is 10.3 Å². The Kier molecular flexibility index (Phi) is 4.25. The highest BCUT2D eigenvalue weighted by molar-refractivity contribution is 7.92. The van der Waals surface area contributed by atoms with Crippen LogP contribution in [0.4, 0.5) is 5.69 Å². The Morgan fingerprint density at radius 1 is 1.27 bits per heavy atom. The highest BCUT2D eigenvalue weighted by Crippen LogP contribution is 2.24. The average molecular weight is 343 g/mol. The molecule has 9 heteroatoms. The van der Waals surface area contributed by atoms with Crippen molar-refractivity contribution >= 4 is 33.3 Å². The molecule has 0 radical (unpaired) electrons. The van der Waals surface area contributed by atoms with Gasteiger partial charge in [0.25, 0.3) is 10.0 Å². The molecule has 0 saturated carbocycles. The highest BCUT2D eigenvalue weighted by Gasteiger charge is 2.20. The Labute approximate surface area is 130 Å². The van der Waals surface area contributed by atoms with E-state index in [4.69, 9.17) is 16.7 Å². The van der Waals surface area contributed by atoms with E-state index in [1.165, 1.54) is 42.1 Å². The Morgan fingerprint density at radius 2 is 1.95 bits per heavy atom. The molecule has 0 aliphatic rings. The van der Waals surface area contributed by atoms with Gasteiger partial charge in [0.1, 0.15) is 4.90 Å². The fraction of sp³-hybridized carbons (Fsp3) is 0.0769. The number of carboxylic acid groups (broad SMARTS) is 1. The van der Waals surface area contributed by atoms with Crippen LogP contribution in [0.15, 0.2) is 46.2 Å². The lowest BCUT2D eigenvalue weighted by Crippen LogP contribution is -2.18. The minimum Gasteiger partial charge on any atom is -0.478 e. The van der Waals surface area contributed by atoms with Crippen molar-refractivity contribution in [2.75, 3.05) is 4.72 Å². The number of pyridine rings is 1. The van der Waals surface area contributed by atoms with Gasteiger partial charge in [-0.05, 0) is 24.3 Å². The molecule has 0 saturated heterocycles. The largest absolute Gasteiger partial charge is 0.478 e. The van der Waals surface area contributed by atoms with Gasteiger partial charge in [-0.2, -0.15) is 0 Å². The van der Waals surface area contributed by atoms with Crippen LogP contribution in [0.3, 0.4) is 0 Å². The van der Waals surface area contributed by atoms with E-state index in [1.807, 2.05) is 0 Å².